The highest BCUT2D eigenvalue weighted by atomic mass is 19.4. The lowest BCUT2D eigenvalue weighted by atomic mass is 9.47. The zero-order valence-corrected chi connectivity index (χ0v) is 22.1. The summed E-state index contributed by atoms with van der Waals surface area (Å²) in [5, 5.41) is 7.76. The number of amides is 1. The number of nitrogens with zero attached hydrogens (tertiary/aromatic N) is 5. The Labute approximate surface area is 220 Å². The number of piperazine rings is 1. The number of anilines is 1. The first-order valence-corrected chi connectivity index (χ1v) is 13.6. The van der Waals surface area contributed by atoms with Crippen molar-refractivity contribution in [1.29, 1.82) is 0 Å². The molecule has 1 aliphatic heterocycles. The molecule has 0 radical (unpaired) electrons. The molecule has 1 N–H and O–H groups in total. The van der Waals surface area contributed by atoms with E-state index in [2.05, 4.69) is 25.3 Å². The maximum atomic E-state index is 13.7. The van der Waals surface area contributed by atoms with E-state index in [1.165, 1.54) is 6.07 Å². The third-order valence-corrected chi connectivity index (χ3v) is 9.60. The Morgan fingerprint density at radius 2 is 1.76 bits per heavy atom. The molecule has 4 saturated carbocycles. The Morgan fingerprint density at radius 3 is 2.32 bits per heavy atom. The monoisotopic (exact) mass is 532 g/mol. The van der Waals surface area contributed by atoms with Crippen LogP contribution in [0, 0.1) is 24.7 Å². The summed E-state index contributed by atoms with van der Waals surface area (Å²) < 4.78 is 43.9. The lowest BCUT2D eigenvalue weighted by Gasteiger charge is -2.59. The Bertz CT molecular complexity index is 1170. The van der Waals surface area contributed by atoms with Crippen LogP contribution in [0.15, 0.2) is 22.9 Å². The van der Waals surface area contributed by atoms with Crippen molar-refractivity contribution >= 4 is 11.7 Å². The van der Waals surface area contributed by atoms with Gasteiger partial charge in [-0.1, -0.05) is 5.16 Å². The van der Waals surface area contributed by atoms with E-state index < -0.39 is 17.3 Å². The second-order valence-electron chi connectivity index (χ2n) is 12.3. The van der Waals surface area contributed by atoms with Gasteiger partial charge in [0.15, 0.2) is 5.82 Å². The van der Waals surface area contributed by atoms with Crippen molar-refractivity contribution < 1.29 is 22.5 Å². The van der Waals surface area contributed by atoms with Gasteiger partial charge in [0.05, 0.1) is 11.1 Å². The lowest BCUT2D eigenvalue weighted by molar-refractivity contribution is -0.138. The van der Waals surface area contributed by atoms with E-state index >= 15 is 0 Å². The van der Waals surface area contributed by atoms with E-state index in [1.807, 2.05) is 25.7 Å². The van der Waals surface area contributed by atoms with Crippen molar-refractivity contribution in [3.8, 4) is 0 Å². The van der Waals surface area contributed by atoms with Gasteiger partial charge in [0.25, 0.3) is 0 Å². The number of nitrogens with one attached hydrogen (secondary N) is 1. The fourth-order valence-electron chi connectivity index (χ4n) is 7.76. The molecule has 11 heteroatoms. The van der Waals surface area contributed by atoms with Crippen molar-refractivity contribution in [3.05, 3.63) is 35.6 Å². The maximum absolute atomic E-state index is 13.7. The van der Waals surface area contributed by atoms with E-state index in [4.69, 9.17) is 4.52 Å². The maximum Gasteiger partial charge on any atom is 0.417 e. The summed E-state index contributed by atoms with van der Waals surface area (Å²) in [6.07, 6.45) is 1.85. The second kappa shape index (κ2) is 8.93. The Morgan fingerprint density at radius 1 is 1.08 bits per heavy atom. The van der Waals surface area contributed by atoms with Gasteiger partial charge in [-0.15, -0.1) is 0 Å². The number of alkyl halides is 3. The highest BCUT2D eigenvalue weighted by Crippen LogP contribution is 2.60. The zero-order chi connectivity index (χ0) is 26.9. The standard InChI is InChI=1S/C27H35F3N6O2/c1-16-32-23(34-38-16)26-12-17-10-18(13-26)22(19(11-17)14-26)33-24(37)25(2,3)36-8-6-35(7-9-36)21-5-4-20(15-31-21)27(28,29)30/h4-5,15,17-19,22H,6-14H2,1-3H3,(H,33,37). The predicted octanol–water partition coefficient (Wildman–Crippen LogP) is 3.96. The summed E-state index contributed by atoms with van der Waals surface area (Å²) in [6.45, 7) is 8.21. The molecular weight excluding hydrogens is 497 g/mol. The van der Waals surface area contributed by atoms with Crippen LogP contribution in [0.2, 0.25) is 0 Å². The molecule has 1 amide bonds. The smallest absolute Gasteiger partial charge is 0.354 e. The van der Waals surface area contributed by atoms with Gasteiger partial charge in [-0.2, -0.15) is 18.2 Å². The minimum absolute atomic E-state index is 0.0202. The van der Waals surface area contributed by atoms with Gasteiger partial charge in [0.1, 0.15) is 5.82 Å². The number of rotatable bonds is 5. The zero-order valence-electron chi connectivity index (χ0n) is 22.1. The van der Waals surface area contributed by atoms with Crippen LogP contribution < -0.4 is 10.2 Å². The fourth-order valence-corrected chi connectivity index (χ4v) is 7.76. The first-order valence-electron chi connectivity index (χ1n) is 13.6. The summed E-state index contributed by atoms with van der Waals surface area (Å²) in [5.74, 6) is 3.51. The minimum atomic E-state index is -4.40. The summed E-state index contributed by atoms with van der Waals surface area (Å²) in [6, 6.07) is 2.66. The summed E-state index contributed by atoms with van der Waals surface area (Å²) in [5.41, 5.74) is -1.47. The Kier molecular flexibility index (Phi) is 6.01. The molecule has 7 rings (SSSR count). The minimum Gasteiger partial charge on any atom is -0.354 e. The van der Waals surface area contributed by atoms with Crippen molar-refractivity contribution in [2.75, 3.05) is 31.1 Å². The number of carbonyl (C=O) groups excluding carboxylic acids is 1. The summed E-state index contributed by atoms with van der Waals surface area (Å²) in [4.78, 5) is 26.4. The van der Waals surface area contributed by atoms with E-state index in [0.717, 1.165) is 50.2 Å². The van der Waals surface area contributed by atoms with Crippen LogP contribution in [0.3, 0.4) is 0 Å². The third kappa shape index (κ3) is 4.36. The van der Waals surface area contributed by atoms with Crippen LogP contribution in [0.1, 0.15) is 63.2 Å². The molecule has 8 nitrogen and oxygen atoms in total. The van der Waals surface area contributed by atoms with Crippen LogP contribution in [0.25, 0.3) is 0 Å². The largest absolute Gasteiger partial charge is 0.417 e. The van der Waals surface area contributed by atoms with Gasteiger partial charge in [-0.25, -0.2) is 4.98 Å². The molecule has 0 spiro atoms. The first kappa shape index (κ1) is 25.6. The number of aromatic nitrogens is 3. The summed E-state index contributed by atoms with van der Waals surface area (Å²) >= 11 is 0. The first-order chi connectivity index (χ1) is 17.9. The molecule has 4 aliphatic carbocycles. The van der Waals surface area contributed by atoms with Gasteiger partial charge < -0.3 is 14.7 Å². The van der Waals surface area contributed by atoms with Crippen molar-refractivity contribution in [2.24, 2.45) is 17.8 Å². The number of hydrogen-bond acceptors (Lipinski definition) is 7. The van der Waals surface area contributed by atoms with Crippen LogP contribution in [-0.4, -0.2) is 63.7 Å². The van der Waals surface area contributed by atoms with Crippen LogP contribution in [0.4, 0.5) is 19.0 Å². The molecule has 38 heavy (non-hydrogen) atoms. The average Bonchev–Trinajstić information content (AvgIpc) is 3.32. The number of aryl methyl sites for hydroxylation is 1. The van der Waals surface area contributed by atoms with Crippen LogP contribution in [-0.2, 0) is 16.4 Å². The topological polar surface area (TPSA) is 87.4 Å². The quantitative estimate of drug-likeness (QED) is 0.624. The fraction of sp³-hybridized carbons (Fsp3) is 0.704. The van der Waals surface area contributed by atoms with E-state index in [1.54, 1.807) is 0 Å². The highest BCUT2D eigenvalue weighted by molar-refractivity contribution is 5.85. The van der Waals surface area contributed by atoms with Crippen molar-refractivity contribution in [2.45, 2.75) is 76.0 Å². The number of pyridine rings is 1. The van der Waals surface area contributed by atoms with Gasteiger partial charge in [-0.3, -0.25) is 9.69 Å². The van der Waals surface area contributed by atoms with Crippen molar-refractivity contribution in [3.63, 3.8) is 0 Å². The Hall–Kier alpha value is -2.69. The van der Waals surface area contributed by atoms with Crippen LogP contribution in [0.5, 0.6) is 0 Å². The van der Waals surface area contributed by atoms with Crippen molar-refractivity contribution in [1.82, 2.24) is 25.3 Å². The molecule has 5 fully saturated rings. The lowest BCUT2D eigenvalue weighted by Crippen LogP contribution is -2.66. The van der Waals surface area contributed by atoms with Gasteiger partial charge in [-0.05, 0) is 75.8 Å². The average molecular weight is 533 g/mol. The summed E-state index contributed by atoms with van der Waals surface area (Å²) in [7, 11) is 0. The molecule has 2 aromatic rings. The molecular formula is C27H35F3N6O2. The number of hydrogen-bond donors (Lipinski definition) is 1. The van der Waals surface area contributed by atoms with Gasteiger partial charge in [0, 0.05) is 50.8 Å². The molecule has 1 saturated heterocycles. The van der Waals surface area contributed by atoms with Gasteiger partial charge in [0.2, 0.25) is 11.8 Å². The number of halogens is 3. The van der Waals surface area contributed by atoms with Crippen LogP contribution >= 0.6 is 0 Å². The van der Waals surface area contributed by atoms with E-state index in [0.29, 0.717) is 55.6 Å². The molecule has 5 aliphatic rings. The Balaban J connectivity index is 1.08. The molecule has 2 atom stereocenters. The molecule has 4 bridgehead atoms. The second-order valence-corrected chi connectivity index (χ2v) is 12.3. The molecule has 2 unspecified atom stereocenters. The molecule has 3 heterocycles. The SMILES string of the molecule is Cc1nc(C23CC4CC(C2)C(NC(=O)C(C)(C)N2CCN(c5ccc(C(F)(F)F)cn5)CC2)C(C4)C3)no1. The number of carbonyl (C=O) groups is 1. The van der Waals surface area contributed by atoms with Gasteiger partial charge >= 0.3 is 6.18 Å². The highest BCUT2D eigenvalue weighted by Gasteiger charge is 2.58. The molecule has 2 aromatic heterocycles. The molecule has 0 aromatic carbocycles. The van der Waals surface area contributed by atoms with E-state index in [9.17, 15) is 18.0 Å². The molecule has 206 valence electrons. The third-order valence-electron chi connectivity index (χ3n) is 9.60. The predicted molar refractivity (Wildman–Crippen MR) is 133 cm³/mol. The normalized spacial score (nSPS) is 31.6. The van der Waals surface area contributed by atoms with E-state index in [-0.39, 0.29) is 17.4 Å².